The van der Waals surface area contributed by atoms with Gasteiger partial charge in [0.25, 0.3) is 5.91 Å². The summed E-state index contributed by atoms with van der Waals surface area (Å²) in [6.45, 7) is 2.31. The van der Waals surface area contributed by atoms with Crippen LogP contribution in [0.4, 0.5) is 0 Å². The van der Waals surface area contributed by atoms with Crippen molar-refractivity contribution in [2.24, 2.45) is 0 Å². The van der Waals surface area contributed by atoms with Crippen LogP contribution in [0.1, 0.15) is 16.2 Å². The first-order chi connectivity index (χ1) is 9.06. The number of halogens is 1. The van der Waals surface area contributed by atoms with Crippen LogP contribution in [-0.2, 0) is 6.54 Å². The van der Waals surface area contributed by atoms with Crippen LogP contribution < -0.4 is 5.32 Å². The van der Waals surface area contributed by atoms with Gasteiger partial charge in [0.2, 0.25) is 0 Å². The Balaban J connectivity index is 2.11. The molecule has 0 saturated heterocycles. The van der Waals surface area contributed by atoms with Gasteiger partial charge >= 0.3 is 0 Å². The lowest BCUT2D eigenvalue weighted by molar-refractivity contribution is 0.0650. The Morgan fingerprint density at radius 3 is 3.11 bits per heavy atom. The lowest BCUT2D eigenvalue weighted by Gasteiger charge is -2.19. The van der Waals surface area contributed by atoms with Gasteiger partial charge in [0.15, 0.2) is 5.82 Å². The van der Waals surface area contributed by atoms with Gasteiger partial charge in [-0.05, 0) is 18.6 Å². The molecule has 6 heteroatoms. The Labute approximate surface area is 118 Å². The van der Waals surface area contributed by atoms with Crippen LogP contribution in [-0.4, -0.2) is 26.8 Å². The largest absolute Gasteiger partial charge is 0.372 e. The zero-order valence-corrected chi connectivity index (χ0v) is 11.8. The summed E-state index contributed by atoms with van der Waals surface area (Å²) in [7, 11) is 0. The molecule has 0 saturated carbocycles. The maximum absolute atomic E-state index is 11.7. The van der Waals surface area contributed by atoms with E-state index >= 15 is 0 Å². The fourth-order valence-electron chi connectivity index (χ4n) is 2.20. The van der Waals surface area contributed by atoms with E-state index in [1.807, 2.05) is 25.1 Å². The maximum Gasteiger partial charge on any atom is 0.289 e. The normalized spacial score (nSPS) is 18.1. The van der Waals surface area contributed by atoms with E-state index in [0.29, 0.717) is 12.4 Å². The molecule has 98 valence electrons. The monoisotopic (exact) mass is 321 g/mol. The predicted octanol–water partition coefficient (Wildman–Crippen LogP) is 1.68. The second-order valence-electron chi connectivity index (χ2n) is 4.50. The zero-order chi connectivity index (χ0) is 13.6. The summed E-state index contributed by atoms with van der Waals surface area (Å²) in [6, 6.07) is 5.85. The number of nitrogens with zero attached hydrogens (tertiary/aromatic N) is 2. The van der Waals surface area contributed by atoms with Gasteiger partial charge in [-0.1, -0.05) is 28.1 Å². The van der Waals surface area contributed by atoms with E-state index in [1.165, 1.54) is 0 Å². The van der Waals surface area contributed by atoms with Crippen molar-refractivity contribution in [1.29, 1.82) is 0 Å². The number of hydrogen-bond acceptors (Lipinski definition) is 3. The highest BCUT2D eigenvalue weighted by molar-refractivity contribution is 9.10. The van der Waals surface area contributed by atoms with Crippen molar-refractivity contribution in [2.75, 3.05) is 0 Å². The molecule has 1 atom stereocenters. The number of aromatic nitrogens is 2. The van der Waals surface area contributed by atoms with Crippen LogP contribution in [0.25, 0.3) is 11.3 Å². The van der Waals surface area contributed by atoms with Crippen molar-refractivity contribution in [1.82, 2.24) is 14.9 Å². The lowest BCUT2D eigenvalue weighted by Crippen LogP contribution is -2.44. The van der Waals surface area contributed by atoms with Crippen LogP contribution in [0.15, 0.2) is 28.9 Å². The molecule has 2 heterocycles. The molecular formula is C13H12BrN3O2. The molecule has 0 spiro atoms. The highest BCUT2D eigenvalue weighted by atomic mass is 79.9. The SMILES string of the molecule is Cc1c(Br)cccc1-c1cn2c(n1)C(=O)NC(O)C2. The molecule has 2 N–H and O–H groups in total. The minimum absolute atomic E-state index is 0.321. The third-order valence-electron chi connectivity index (χ3n) is 3.19. The summed E-state index contributed by atoms with van der Waals surface area (Å²) in [5.74, 6) is -0.0164. The molecule has 0 aliphatic carbocycles. The highest BCUT2D eigenvalue weighted by Gasteiger charge is 2.25. The molecule has 2 aromatic rings. The first kappa shape index (κ1) is 12.4. The van der Waals surface area contributed by atoms with Gasteiger partial charge in [-0.25, -0.2) is 4.98 Å². The quantitative estimate of drug-likeness (QED) is 0.839. The van der Waals surface area contributed by atoms with Crippen molar-refractivity contribution in [3.8, 4) is 11.3 Å². The second kappa shape index (κ2) is 4.47. The highest BCUT2D eigenvalue weighted by Crippen LogP contribution is 2.28. The second-order valence-corrected chi connectivity index (χ2v) is 5.36. The van der Waals surface area contributed by atoms with E-state index in [-0.39, 0.29) is 5.91 Å². The number of fused-ring (bicyclic) bond motifs is 1. The van der Waals surface area contributed by atoms with Gasteiger partial charge in [-0.3, -0.25) is 4.79 Å². The third kappa shape index (κ3) is 2.06. The molecule has 0 radical (unpaired) electrons. The Bertz CT molecular complexity index is 666. The summed E-state index contributed by atoms with van der Waals surface area (Å²) in [6.07, 6.45) is 0.942. The Hall–Kier alpha value is -1.66. The number of amides is 1. The van der Waals surface area contributed by atoms with Gasteiger partial charge in [-0.2, -0.15) is 0 Å². The van der Waals surface area contributed by atoms with Crippen LogP contribution in [0, 0.1) is 6.92 Å². The number of carbonyl (C=O) groups is 1. The topological polar surface area (TPSA) is 67.2 Å². The number of benzene rings is 1. The summed E-state index contributed by atoms with van der Waals surface area (Å²) >= 11 is 3.48. The van der Waals surface area contributed by atoms with Crippen molar-refractivity contribution < 1.29 is 9.90 Å². The van der Waals surface area contributed by atoms with E-state index in [0.717, 1.165) is 21.3 Å². The van der Waals surface area contributed by atoms with E-state index in [2.05, 4.69) is 26.2 Å². The molecule has 3 rings (SSSR count). The number of rotatable bonds is 1. The van der Waals surface area contributed by atoms with E-state index in [1.54, 1.807) is 10.8 Å². The summed E-state index contributed by atoms with van der Waals surface area (Å²) in [4.78, 5) is 16.1. The fraction of sp³-hybridized carbons (Fsp3) is 0.231. The molecule has 1 aliphatic heterocycles. The van der Waals surface area contributed by atoms with Crippen LogP contribution in [0.5, 0.6) is 0 Å². The van der Waals surface area contributed by atoms with E-state index < -0.39 is 6.23 Å². The molecule has 19 heavy (non-hydrogen) atoms. The molecule has 1 amide bonds. The molecular weight excluding hydrogens is 310 g/mol. The molecule has 0 fully saturated rings. The number of aliphatic hydroxyl groups is 1. The first-order valence-corrected chi connectivity index (χ1v) is 6.67. The summed E-state index contributed by atoms with van der Waals surface area (Å²) in [5.41, 5.74) is 2.77. The molecule has 0 bridgehead atoms. The molecule has 5 nitrogen and oxygen atoms in total. The number of nitrogens with one attached hydrogen (secondary N) is 1. The Morgan fingerprint density at radius 1 is 1.53 bits per heavy atom. The predicted molar refractivity (Wildman–Crippen MR) is 73.6 cm³/mol. The fourth-order valence-corrected chi connectivity index (χ4v) is 2.57. The minimum atomic E-state index is -0.856. The van der Waals surface area contributed by atoms with Crippen LogP contribution in [0.3, 0.4) is 0 Å². The average molecular weight is 322 g/mol. The first-order valence-electron chi connectivity index (χ1n) is 5.88. The van der Waals surface area contributed by atoms with Gasteiger partial charge in [0, 0.05) is 16.2 Å². The number of hydrogen-bond donors (Lipinski definition) is 2. The van der Waals surface area contributed by atoms with Gasteiger partial charge in [0.1, 0.15) is 6.23 Å². The van der Waals surface area contributed by atoms with Crippen molar-refractivity contribution in [2.45, 2.75) is 19.7 Å². The number of imidazole rings is 1. The number of aliphatic hydroxyl groups excluding tert-OH is 1. The Morgan fingerprint density at radius 2 is 2.32 bits per heavy atom. The smallest absolute Gasteiger partial charge is 0.289 e. The van der Waals surface area contributed by atoms with E-state index in [4.69, 9.17) is 0 Å². The minimum Gasteiger partial charge on any atom is -0.372 e. The third-order valence-corrected chi connectivity index (χ3v) is 4.05. The van der Waals surface area contributed by atoms with Gasteiger partial charge in [-0.15, -0.1) is 0 Å². The van der Waals surface area contributed by atoms with Gasteiger partial charge < -0.3 is 15.0 Å². The van der Waals surface area contributed by atoms with Crippen molar-refractivity contribution in [3.63, 3.8) is 0 Å². The molecule has 1 aromatic heterocycles. The lowest BCUT2D eigenvalue weighted by atomic mass is 10.1. The van der Waals surface area contributed by atoms with Crippen LogP contribution in [0.2, 0.25) is 0 Å². The summed E-state index contributed by atoms with van der Waals surface area (Å²) < 4.78 is 2.68. The van der Waals surface area contributed by atoms with Crippen molar-refractivity contribution in [3.05, 3.63) is 40.3 Å². The van der Waals surface area contributed by atoms with Crippen molar-refractivity contribution >= 4 is 21.8 Å². The van der Waals surface area contributed by atoms with Gasteiger partial charge in [0.05, 0.1) is 12.2 Å². The molecule has 1 aromatic carbocycles. The molecule has 1 aliphatic rings. The van der Waals surface area contributed by atoms with E-state index in [9.17, 15) is 9.90 Å². The maximum atomic E-state index is 11.7. The van der Waals surface area contributed by atoms with Crippen LogP contribution >= 0.6 is 15.9 Å². The standard InChI is InChI=1S/C13H12BrN3O2/c1-7-8(3-2-4-9(7)14)10-5-17-6-11(18)16-13(19)12(17)15-10/h2-5,11,18H,6H2,1H3,(H,16,19). The summed E-state index contributed by atoms with van der Waals surface area (Å²) in [5, 5.41) is 12.0. The number of carbonyl (C=O) groups excluding carboxylic acids is 1. The Kier molecular flexibility index (Phi) is 2.91. The molecule has 1 unspecified atom stereocenters. The zero-order valence-electron chi connectivity index (χ0n) is 10.2. The average Bonchev–Trinajstić information content (AvgIpc) is 2.76.